The van der Waals surface area contributed by atoms with Gasteiger partial charge in [0.2, 0.25) is 5.91 Å². The summed E-state index contributed by atoms with van der Waals surface area (Å²) in [6.45, 7) is 1.33. The lowest BCUT2D eigenvalue weighted by Gasteiger charge is -2.13. The van der Waals surface area contributed by atoms with E-state index >= 15 is 0 Å². The van der Waals surface area contributed by atoms with Crippen LogP contribution >= 0.6 is 0 Å². The fourth-order valence-electron chi connectivity index (χ4n) is 2.61. The third-order valence-corrected chi connectivity index (χ3v) is 3.62. The molecule has 2 aromatic rings. The third kappa shape index (κ3) is 1.94. The molecule has 0 unspecified atom stereocenters. The number of anilines is 1. The Bertz CT molecular complexity index is 694. The minimum atomic E-state index is -0.401. The van der Waals surface area contributed by atoms with Gasteiger partial charge in [-0.3, -0.25) is 10.0 Å². The van der Waals surface area contributed by atoms with Crippen LogP contribution in [-0.4, -0.2) is 18.2 Å². The number of amides is 1. The molecule has 2 aromatic carbocycles. The summed E-state index contributed by atoms with van der Waals surface area (Å²) in [6, 6.07) is 11.5. The zero-order valence-electron chi connectivity index (χ0n) is 11.4. The summed E-state index contributed by atoms with van der Waals surface area (Å²) < 4.78 is 5.24. The maximum absolute atomic E-state index is 11.2. The van der Waals surface area contributed by atoms with Gasteiger partial charge < -0.3 is 4.74 Å². The first kappa shape index (κ1) is 12.7. The molecule has 20 heavy (non-hydrogen) atoms. The number of nitrogens with zero attached hydrogens (tertiary/aromatic N) is 1. The summed E-state index contributed by atoms with van der Waals surface area (Å²) in [6.07, 6.45) is 0.779. The number of benzene rings is 2. The molecule has 0 saturated carbocycles. The summed E-state index contributed by atoms with van der Waals surface area (Å²) in [5, 5.41) is 10.4. The average Bonchev–Trinajstić information content (AvgIpc) is 2.82. The molecule has 1 aliphatic carbocycles. The van der Waals surface area contributed by atoms with Crippen LogP contribution in [0.2, 0.25) is 0 Å². The molecule has 0 bridgehead atoms. The molecule has 3 rings (SSSR count). The van der Waals surface area contributed by atoms with E-state index in [2.05, 4.69) is 0 Å². The quantitative estimate of drug-likeness (QED) is 0.574. The Kier molecular flexibility index (Phi) is 2.95. The normalized spacial score (nSPS) is 11.8. The van der Waals surface area contributed by atoms with Crippen molar-refractivity contribution < 1.29 is 14.7 Å². The van der Waals surface area contributed by atoms with E-state index in [0.717, 1.165) is 23.3 Å². The SMILES string of the molecule is COc1ccc2c(c1)Cc1cc(N(O)C(C)=O)ccc1-2. The lowest BCUT2D eigenvalue weighted by molar-refractivity contribution is -0.121. The molecule has 4 heteroatoms. The van der Waals surface area contributed by atoms with Gasteiger partial charge in [0.1, 0.15) is 5.75 Å². The van der Waals surface area contributed by atoms with Crippen molar-refractivity contribution in [3.63, 3.8) is 0 Å². The van der Waals surface area contributed by atoms with Gasteiger partial charge in [-0.2, -0.15) is 5.06 Å². The Morgan fingerprint density at radius 3 is 2.45 bits per heavy atom. The second-order valence-electron chi connectivity index (χ2n) is 4.87. The van der Waals surface area contributed by atoms with Gasteiger partial charge >= 0.3 is 0 Å². The van der Waals surface area contributed by atoms with Gasteiger partial charge in [0, 0.05) is 6.92 Å². The van der Waals surface area contributed by atoms with Crippen LogP contribution in [0.25, 0.3) is 11.1 Å². The van der Waals surface area contributed by atoms with Crippen molar-refractivity contribution in [3.8, 4) is 16.9 Å². The molecule has 0 saturated heterocycles. The topological polar surface area (TPSA) is 49.8 Å². The summed E-state index contributed by atoms with van der Waals surface area (Å²) in [4.78, 5) is 11.2. The Morgan fingerprint density at radius 1 is 1.15 bits per heavy atom. The highest BCUT2D eigenvalue weighted by Gasteiger charge is 2.20. The summed E-state index contributed by atoms with van der Waals surface area (Å²) >= 11 is 0. The van der Waals surface area contributed by atoms with Gasteiger partial charge in [-0.25, -0.2) is 0 Å². The lowest BCUT2D eigenvalue weighted by atomic mass is 10.1. The number of rotatable bonds is 2. The molecule has 0 aromatic heterocycles. The van der Waals surface area contributed by atoms with Crippen molar-refractivity contribution in [3.05, 3.63) is 47.5 Å². The molecule has 0 heterocycles. The Hall–Kier alpha value is -2.33. The van der Waals surface area contributed by atoms with Crippen molar-refractivity contribution in [2.24, 2.45) is 0 Å². The number of carbonyl (C=O) groups excluding carboxylic acids is 1. The second kappa shape index (κ2) is 4.65. The van der Waals surface area contributed by atoms with Crippen molar-refractivity contribution in [1.82, 2.24) is 0 Å². The van der Waals surface area contributed by atoms with Crippen LogP contribution < -0.4 is 9.80 Å². The van der Waals surface area contributed by atoms with Crippen LogP contribution in [0.15, 0.2) is 36.4 Å². The smallest absolute Gasteiger partial charge is 0.247 e. The summed E-state index contributed by atoms with van der Waals surface area (Å²) in [5.74, 6) is 0.437. The molecular weight excluding hydrogens is 254 g/mol. The largest absolute Gasteiger partial charge is 0.497 e. The fraction of sp³-hybridized carbons (Fsp3) is 0.188. The monoisotopic (exact) mass is 269 g/mol. The van der Waals surface area contributed by atoms with Gasteiger partial charge in [0.15, 0.2) is 0 Å². The predicted octanol–water partition coefficient (Wildman–Crippen LogP) is 3.01. The maximum atomic E-state index is 11.2. The minimum Gasteiger partial charge on any atom is -0.497 e. The van der Waals surface area contributed by atoms with Gasteiger partial charge in [0.05, 0.1) is 12.8 Å². The van der Waals surface area contributed by atoms with Crippen molar-refractivity contribution in [1.29, 1.82) is 0 Å². The first-order valence-electron chi connectivity index (χ1n) is 6.40. The Morgan fingerprint density at radius 2 is 1.80 bits per heavy atom. The van der Waals surface area contributed by atoms with Gasteiger partial charge in [-0.15, -0.1) is 0 Å². The third-order valence-electron chi connectivity index (χ3n) is 3.62. The first-order valence-corrected chi connectivity index (χ1v) is 6.40. The van der Waals surface area contributed by atoms with E-state index in [0.29, 0.717) is 10.8 Å². The molecular formula is C16H15NO3. The Labute approximate surface area is 117 Å². The van der Waals surface area contributed by atoms with E-state index in [1.54, 1.807) is 13.2 Å². The average molecular weight is 269 g/mol. The minimum absolute atomic E-state index is 0.401. The summed E-state index contributed by atoms with van der Waals surface area (Å²) in [5.41, 5.74) is 5.12. The second-order valence-corrected chi connectivity index (χ2v) is 4.87. The zero-order chi connectivity index (χ0) is 14.3. The number of hydroxylamine groups is 1. The number of ether oxygens (including phenoxy) is 1. The van der Waals surface area contributed by atoms with Crippen molar-refractivity contribution in [2.75, 3.05) is 12.2 Å². The van der Waals surface area contributed by atoms with Gasteiger partial charge in [0.25, 0.3) is 0 Å². The standard InChI is InChI=1S/C16H15NO3/c1-10(18)17(19)13-3-5-15-11(8-13)7-12-9-14(20-2)4-6-16(12)15/h3-6,8-9,19H,7H2,1-2H3. The molecule has 0 radical (unpaired) electrons. The van der Waals surface area contributed by atoms with E-state index in [4.69, 9.17) is 4.74 Å². The van der Waals surface area contributed by atoms with Crippen LogP contribution in [0, 0.1) is 0 Å². The van der Waals surface area contributed by atoms with E-state index in [-0.39, 0.29) is 0 Å². The molecule has 1 aliphatic rings. The lowest BCUT2D eigenvalue weighted by Crippen LogP contribution is -2.23. The Balaban J connectivity index is 2.02. The van der Waals surface area contributed by atoms with E-state index in [9.17, 15) is 10.0 Å². The van der Waals surface area contributed by atoms with Crippen LogP contribution in [0.1, 0.15) is 18.1 Å². The number of hydrogen-bond acceptors (Lipinski definition) is 3. The number of carbonyl (C=O) groups is 1. The van der Waals surface area contributed by atoms with Crippen LogP contribution in [-0.2, 0) is 11.2 Å². The van der Waals surface area contributed by atoms with E-state index in [1.807, 2.05) is 30.3 Å². The summed E-state index contributed by atoms with van der Waals surface area (Å²) in [7, 11) is 1.65. The molecule has 4 nitrogen and oxygen atoms in total. The zero-order valence-corrected chi connectivity index (χ0v) is 11.4. The van der Waals surface area contributed by atoms with Crippen molar-refractivity contribution >= 4 is 11.6 Å². The van der Waals surface area contributed by atoms with Crippen molar-refractivity contribution in [2.45, 2.75) is 13.3 Å². The highest BCUT2D eigenvalue weighted by Crippen LogP contribution is 2.39. The molecule has 102 valence electrons. The molecule has 0 atom stereocenters. The van der Waals surface area contributed by atoms with Gasteiger partial charge in [-0.05, 0) is 52.9 Å². The maximum Gasteiger partial charge on any atom is 0.247 e. The van der Waals surface area contributed by atoms with E-state index < -0.39 is 5.91 Å². The van der Waals surface area contributed by atoms with Crippen LogP contribution in [0.4, 0.5) is 5.69 Å². The van der Waals surface area contributed by atoms with Crippen LogP contribution in [0.5, 0.6) is 5.75 Å². The number of fused-ring (bicyclic) bond motifs is 3. The molecule has 0 spiro atoms. The molecule has 1 N–H and O–H groups in total. The number of methoxy groups -OCH3 is 1. The highest BCUT2D eigenvalue weighted by molar-refractivity contribution is 5.90. The first-order chi connectivity index (χ1) is 9.60. The van der Waals surface area contributed by atoms with E-state index in [1.165, 1.54) is 18.1 Å². The van der Waals surface area contributed by atoms with Gasteiger partial charge in [-0.1, -0.05) is 12.1 Å². The van der Waals surface area contributed by atoms with Crippen LogP contribution in [0.3, 0.4) is 0 Å². The predicted molar refractivity (Wildman–Crippen MR) is 76.2 cm³/mol. The molecule has 1 amide bonds. The molecule has 0 fully saturated rings. The highest BCUT2D eigenvalue weighted by atomic mass is 16.5. The molecule has 0 aliphatic heterocycles. The number of hydrogen-bond donors (Lipinski definition) is 1. The fourth-order valence-corrected chi connectivity index (χ4v) is 2.61.